The minimum atomic E-state index is -0.533. The summed E-state index contributed by atoms with van der Waals surface area (Å²) >= 11 is 0. The second kappa shape index (κ2) is 8.38. The average Bonchev–Trinajstić information content (AvgIpc) is 3.11. The number of hydrogen-bond donors (Lipinski definition) is 1. The van der Waals surface area contributed by atoms with Crippen LogP contribution in [0.2, 0.25) is 0 Å². The second-order valence-electron chi connectivity index (χ2n) is 10.3. The number of nitrogens with zero attached hydrogens (tertiary/aromatic N) is 2. The first kappa shape index (κ1) is 21.8. The molecule has 0 bridgehead atoms. The molecule has 6 nitrogen and oxygen atoms in total. The van der Waals surface area contributed by atoms with Crippen LogP contribution in [0.5, 0.6) is 5.75 Å². The molecule has 4 aliphatic rings. The zero-order valence-electron chi connectivity index (χ0n) is 19.5. The average molecular weight is 441 g/mol. The van der Waals surface area contributed by atoms with Gasteiger partial charge in [0.1, 0.15) is 11.9 Å². The summed E-state index contributed by atoms with van der Waals surface area (Å²) < 4.78 is 11.4. The standard InChI is InChI=1S/C26H36N2O4/c1-17-7-6-8-18-15-22-23(24(29)26(17,18)2)19(25(30)32-22)16-27-11-13-28(14-12-27)20-9-4-5-10-21(20)31-3/h4-5,8-10,17,19,22-24,29H,6-7,11-16H2,1-3H3/t17-,19-,22+,23+,24-,26+/m0/s1. The molecule has 0 unspecified atom stereocenters. The molecule has 2 aliphatic carbocycles. The van der Waals surface area contributed by atoms with Crippen molar-refractivity contribution in [2.75, 3.05) is 44.7 Å². The topological polar surface area (TPSA) is 62.2 Å². The van der Waals surface area contributed by atoms with Crippen molar-refractivity contribution >= 4 is 11.7 Å². The Hall–Kier alpha value is -2.05. The van der Waals surface area contributed by atoms with E-state index in [4.69, 9.17) is 9.47 Å². The largest absolute Gasteiger partial charge is 0.495 e. The highest BCUT2D eigenvalue weighted by atomic mass is 16.6. The van der Waals surface area contributed by atoms with E-state index < -0.39 is 6.10 Å². The molecule has 5 rings (SSSR count). The molecule has 0 aromatic heterocycles. The Labute approximate surface area is 191 Å². The van der Waals surface area contributed by atoms with Crippen LogP contribution in [-0.4, -0.2) is 68.0 Å². The first-order valence-electron chi connectivity index (χ1n) is 12.1. The van der Waals surface area contributed by atoms with E-state index >= 15 is 0 Å². The van der Waals surface area contributed by atoms with Crippen LogP contribution in [0.3, 0.4) is 0 Å². The van der Waals surface area contributed by atoms with Gasteiger partial charge in [0.25, 0.3) is 0 Å². The molecule has 2 saturated heterocycles. The Morgan fingerprint density at radius 2 is 1.97 bits per heavy atom. The van der Waals surface area contributed by atoms with Crippen LogP contribution < -0.4 is 9.64 Å². The summed E-state index contributed by atoms with van der Waals surface area (Å²) in [6, 6.07) is 8.13. The van der Waals surface area contributed by atoms with Gasteiger partial charge in [-0.15, -0.1) is 0 Å². The molecular weight excluding hydrogens is 404 g/mol. The van der Waals surface area contributed by atoms with Crippen molar-refractivity contribution in [2.24, 2.45) is 23.2 Å². The number of piperazine rings is 1. The van der Waals surface area contributed by atoms with E-state index in [1.807, 2.05) is 18.2 Å². The van der Waals surface area contributed by atoms with Crippen LogP contribution in [0.1, 0.15) is 33.1 Å². The number of ether oxygens (including phenoxy) is 2. The van der Waals surface area contributed by atoms with Gasteiger partial charge in [-0.05, 0) is 30.9 Å². The molecule has 2 heterocycles. The van der Waals surface area contributed by atoms with Crippen LogP contribution in [-0.2, 0) is 9.53 Å². The van der Waals surface area contributed by atoms with E-state index in [1.165, 1.54) is 5.57 Å². The normalized spacial score (nSPS) is 37.4. The van der Waals surface area contributed by atoms with Gasteiger partial charge in [-0.1, -0.05) is 37.6 Å². The number of esters is 1. The lowest BCUT2D eigenvalue weighted by atomic mass is 9.55. The number of carbonyl (C=O) groups is 1. The van der Waals surface area contributed by atoms with Gasteiger partial charge in [-0.2, -0.15) is 0 Å². The third-order valence-electron chi connectivity index (χ3n) is 8.82. The third kappa shape index (κ3) is 3.43. The van der Waals surface area contributed by atoms with Gasteiger partial charge in [0.15, 0.2) is 0 Å². The van der Waals surface area contributed by atoms with Crippen LogP contribution in [0.25, 0.3) is 0 Å². The fourth-order valence-corrected chi connectivity index (χ4v) is 6.61. The van der Waals surface area contributed by atoms with E-state index in [0.29, 0.717) is 12.5 Å². The summed E-state index contributed by atoms with van der Waals surface area (Å²) in [5.41, 5.74) is 2.17. The number of methoxy groups -OCH3 is 1. The summed E-state index contributed by atoms with van der Waals surface area (Å²) in [6.07, 6.45) is 4.52. The number of aliphatic hydroxyl groups is 1. The van der Waals surface area contributed by atoms with E-state index in [-0.39, 0.29) is 29.3 Å². The van der Waals surface area contributed by atoms with Gasteiger partial charge < -0.3 is 19.5 Å². The van der Waals surface area contributed by atoms with Crippen molar-refractivity contribution < 1.29 is 19.4 Å². The molecule has 6 heteroatoms. The summed E-state index contributed by atoms with van der Waals surface area (Å²) in [6.45, 7) is 8.67. The number of hydrogen-bond acceptors (Lipinski definition) is 6. The molecule has 1 N–H and O–H groups in total. The summed E-state index contributed by atoms with van der Waals surface area (Å²) in [5.74, 6) is 0.825. The lowest BCUT2D eigenvalue weighted by Gasteiger charge is -2.52. The maximum Gasteiger partial charge on any atom is 0.311 e. The quantitative estimate of drug-likeness (QED) is 0.574. The summed E-state index contributed by atoms with van der Waals surface area (Å²) in [5, 5.41) is 11.6. The van der Waals surface area contributed by atoms with E-state index in [1.54, 1.807) is 7.11 Å². The Balaban J connectivity index is 1.28. The molecule has 1 aromatic rings. The molecule has 0 spiro atoms. The Bertz CT molecular complexity index is 894. The lowest BCUT2D eigenvalue weighted by molar-refractivity contribution is -0.145. The van der Waals surface area contributed by atoms with Gasteiger partial charge in [0.2, 0.25) is 0 Å². The van der Waals surface area contributed by atoms with Crippen LogP contribution in [0.15, 0.2) is 35.9 Å². The molecule has 1 saturated carbocycles. The van der Waals surface area contributed by atoms with Crippen molar-refractivity contribution in [3.8, 4) is 5.75 Å². The molecular formula is C26H36N2O4. The Morgan fingerprint density at radius 3 is 2.72 bits per heavy atom. The van der Waals surface area contributed by atoms with Gasteiger partial charge in [0, 0.05) is 50.5 Å². The number of carbonyl (C=O) groups excluding carboxylic acids is 1. The van der Waals surface area contributed by atoms with Gasteiger partial charge in [-0.25, -0.2) is 0 Å². The van der Waals surface area contributed by atoms with Crippen molar-refractivity contribution in [1.29, 1.82) is 0 Å². The van der Waals surface area contributed by atoms with Crippen molar-refractivity contribution in [3.63, 3.8) is 0 Å². The smallest absolute Gasteiger partial charge is 0.311 e. The molecule has 32 heavy (non-hydrogen) atoms. The number of rotatable bonds is 4. The molecule has 3 fully saturated rings. The maximum atomic E-state index is 12.9. The van der Waals surface area contributed by atoms with E-state index in [2.05, 4.69) is 35.8 Å². The fraction of sp³-hybridized carbons (Fsp3) is 0.654. The van der Waals surface area contributed by atoms with Crippen molar-refractivity contribution in [2.45, 2.75) is 45.3 Å². The van der Waals surface area contributed by atoms with Crippen LogP contribution in [0.4, 0.5) is 5.69 Å². The zero-order valence-corrected chi connectivity index (χ0v) is 19.5. The second-order valence-corrected chi connectivity index (χ2v) is 10.3. The fourth-order valence-electron chi connectivity index (χ4n) is 6.61. The maximum absolute atomic E-state index is 12.9. The van der Waals surface area contributed by atoms with E-state index in [9.17, 15) is 9.90 Å². The first-order chi connectivity index (χ1) is 15.4. The summed E-state index contributed by atoms with van der Waals surface area (Å²) in [4.78, 5) is 17.6. The molecule has 0 amide bonds. The summed E-state index contributed by atoms with van der Waals surface area (Å²) in [7, 11) is 1.71. The van der Waals surface area contributed by atoms with Crippen LogP contribution >= 0.6 is 0 Å². The molecule has 174 valence electrons. The highest BCUT2D eigenvalue weighted by Gasteiger charge is 2.59. The molecule has 1 aromatic carbocycles. The first-order valence-corrected chi connectivity index (χ1v) is 12.1. The Morgan fingerprint density at radius 1 is 1.22 bits per heavy atom. The monoisotopic (exact) mass is 440 g/mol. The number of allylic oxidation sites excluding steroid dienone is 1. The number of benzene rings is 1. The van der Waals surface area contributed by atoms with Crippen molar-refractivity contribution in [3.05, 3.63) is 35.9 Å². The molecule has 6 atom stereocenters. The minimum Gasteiger partial charge on any atom is -0.495 e. The number of anilines is 1. The van der Waals surface area contributed by atoms with Gasteiger partial charge in [-0.3, -0.25) is 9.69 Å². The molecule has 2 aliphatic heterocycles. The minimum absolute atomic E-state index is 0.113. The van der Waals surface area contributed by atoms with Crippen molar-refractivity contribution in [1.82, 2.24) is 4.90 Å². The Kier molecular flexibility index (Phi) is 5.70. The number of fused-ring (bicyclic) bond motifs is 2. The lowest BCUT2D eigenvalue weighted by Crippen LogP contribution is -2.55. The SMILES string of the molecule is COc1ccccc1N1CCN(C[C@@H]2C(=O)O[C@@H]3CC4=CCC[C@H](C)[C@@]4(C)[C@@H](O)[C@H]23)CC1. The van der Waals surface area contributed by atoms with Gasteiger partial charge >= 0.3 is 5.97 Å². The van der Waals surface area contributed by atoms with E-state index in [0.717, 1.165) is 56.9 Å². The predicted molar refractivity (Wildman–Crippen MR) is 124 cm³/mol. The highest BCUT2D eigenvalue weighted by Crippen LogP contribution is 2.56. The predicted octanol–water partition coefficient (Wildman–Crippen LogP) is 3.10. The number of para-hydroxylation sites is 2. The highest BCUT2D eigenvalue weighted by molar-refractivity contribution is 5.76. The zero-order chi connectivity index (χ0) is 22.5. The third-order valence-corrected chi connectivity index (χ3v) is 8.82. The number of aliphatic hydroxyl groups excluding tert-OH is 1. The van der Waals surface area contributed by atoms with Gasteiger partial charge in [0.05, 0.1) is 24.8 Å². The molecule has 0 radical (unpaired) electrons. The van der Waals surface area contributed by atoms with Crippen LogP contribution in [0, 0.1) is 23.2 Å².